The largest absolute Gasteiger partial charge is 0.611 e. The fourth-order valence-corrected chi connectivity index (χ4v) is 6.25. The lowest BCUT2D eigenvalue weighted by Gasteiger charge is -2.32. The topological polar surface area (TPSA) is 101 Å². The first kappa shape index (κ1) is 26.8. The number of thiazole rings is 1. The van der Waals surface area contributed by atoms with Gasteiger partial charge in [0.1, 0.15) is 5.75 Å². The minimum absolute atomic E-state index is 0.246. The third-order valence-electron chi connectivity index (χ3n) is 6.15. The average Bonchev–Trinajstić information content (AvgIpc) is 3.26. The highest BCUT2D eigenvalue weighted by Gasteiger charge is 2.18. The number of amides is 3. The molecule has 3 amide bonds. The molecule has 2 N–H and O–H groups in total. The van der Waals surface area contributed by atoms with Crippen molar-refractivity contribution in [3.8, 4) is 0 Å². The predicted molar refractivity (Wildman–Crippen MR) is 147 cm³/mol. The first-order chi connectivity index (χ1) is 17.3. The first-order valence-electron chi connectivity index (χ1n) is 11.9. The number of piperazine rings is 1. The van der Waals surface area contributed by atoms with Crippen molar-refractivity contribution in [1.29, 1.82) is 0 Å². The van der Waals surface area contributed by atoms with Gasteiger partial charge >= 0.3 is 6.03 Å². The summed E-state index contributed by atoms with van der Waals surface area (Å²) in [5.74, 6) is 0.0248. The minimum atomic E-state index is -1.10. The van der Waals surface area contributed by atoms with Crippen LogP contribution in [0, 0.1) is 0 Å². The number of halogens is 1. The van der Waals surface area contributed by atoms with Crippen molar-refractivity contribution in [3.05, 3.63) is 52.5 Å². The summed E-state index contributed by atoms with van der Waals surface area (Å²) in [6, 6.07) is 9.97. The normalized spacial score (nSPS) is 15.7. The number of aryl methyl sites for hydroxylation is 1. The van der Waals surface area contributed by atoms with Gasteiger partial charge in [0, 0.05) is 45.2 Å². The zero-order chi connectivity index (χ0) is 25.7. The zero-order valence-corrected chi connectivity index (χ0v) is 22.8. The highest BCUT2D eigenvalue weighted by atomic mass is 35.5. The molecule has 1 saturated heterocycles. The Bertz CT molecular complexity index is 1230. The second-order valence-corrected chi connectivity index (χ2v) is 11.8. The van der Waals surface area contributed by atoms with Crippen LogP contribution in [0.25, 0.3) is 10.2 Å². The van der Waals surface area contributed by atoms with E-state index in [9.17, 15) is 14.1 Å². The molecule has 2 aromatic carbocycles. The number of rotatable bonds is 8. The second kappa shape index (κ2) is 12.4. The molecule has 0 aliphatic carbocycles. The molecule has 4 rings (SSSR count). The summed E-state index contributed by atoms with van der Waals surface area (Å²) >= 11 is 6.30. The summed E-state index contributed by atoms with van der Waals surface area (Å²) < 4.78 is 13.7. The van der Waals surface area contributed by atoms with E-state index in [1.54, 1.807) is 12.1 Å². The number of benzene rings is 2. The molecule has 1 atom stereocenters. The van der Waals surface area contributed by atoms with Crippen LogP contribution in [0.15, 0.2) is 41.3 Å². The third-order valence-corrected chi connectivity index (χ3v) is 8.86. The van der Waals surface area contributed by atoms with Gasteiger partial charge in [-0.3, -0.25) is 15.4 Å². The number of nitrogens with zero attached hydrogens (tertiary/aromatic N) is 3. The molecule has 2 heterocycles. The van der Waals surface area contributed by atoms with Gasteiger partial charge in [-0.25, -0.2) is 9.78 Å². The number of aromatic nitrogens is 1. The van der Waals surface area contributed by atoms with E-state index >= 15 is 0 Å². The van der Waals surface area contributed by atoms with Gasteiger partial charge in [-0.05, 0) is 54.5 Å². The van der Waals surface area contributed by atoms with E-state index < -0.39 is 23.1 Å². The predicted octanol–water partition coefficient (Wildman–Crippen LogP) is 4.22. The van der Waals surface area contributed by atoms with Crippen LogP contribution in [0.1, 0.15) is 29.3 Å². The fourth-order valence-electron chi connectivity index (χ4n) is 3.97. The smallest absolute Gasteiger partial charge is 0.327 e. The van der Waals surface area contributed by atoms with Crippen LogP contribution in [-0.4, -0.2) is 76.8 Å². The molecule has 192 valence electrons. The molecular formula is C25H30ClN5O3S2. The number of anilines is 1. The van der Waals surface area contributed by atoms with Gasteiger partial charge in [-0.1, -0.05) is 35.9 Å². The molecule has 0 bridgehead atoms. The van der Waals surface area contributed by atoms with Crippen molar-refractivity contribution < 1.29 is 14.1 Å². The monoisotopic (exact) mass is 547 g/mol. The molecule has 3 aromatic rings. The van der Waals surface area contributed by atoms with E-state index in [2.05, 4.69) is 32.5 Å². The van der Waals surface area contributed by atoms with Crippen LogP contribution >= 0.6 is 22.9 Å². The molecule has 8 nitrogen and oxygen atoms in total. The lowest BCUT2D eigenvalue weighted by molar-refractivity contribution is 0.0967. The third kappa shape index (κ3) is 6.96. The molecule has 11 heteroatoms. The van der Waals surface area contributed by atoms with Crippen LogP contribution < -0.4 is 10.6 Å². The molecule has 1 aliphatic heterocycles. The summed E-state index contributed by atoms with van der Waals surface area (Å²) in [6.07, 6.45) is 1.63. The van der Waals surface area contributed by atoms with Crippen molar-refractivity contribution >= 4 is 61.4 Å². The van der Waals surface area contributed by atoms with Gasteiger partial charge in [0.15, 0.2) is 10.0 Å². The van der Waals surface area contributed by atoms with Gasteiger partial charge in [-0.2, -0.15) is 0 Å². The van der Waals surface area contributed by atoms with Crippen molar-refractivity contribution in [2.24, 2.45) is 0 Å². The SMILES string of the molecule is CCc1ccc(Cl)c(C(=O)NC(=O)Nc2nc3ccc([S+]([O-])CCCN4CCN(C)CC4)cc3s2)c1. The minimum Gasteiger partial charge on any atom is -0.611 e. The standard InChI is InChI=1S/C25H30ClN5O3S2/c1-3-17-5-7-20(26)19(15-17)23(32)28-24(33)29-25-27-21-8-6-18(16-22(21)35-25)36(34)14-4-9-31-12-10-30(2)11-13-31/h5-8,15-16H,3-4,9-14H2,1-2H3,(H2,27,28,29,32,33). The van der Waals surface area contributed by atoms with E-state index in [0.717, 1.165) is 60.7 Å². The number of likely N-dealkylation sites (N-methyl/N-ethyl adjacent to an activating group) is 1. The lowest BCUT2D eigenvalue weighted by Crippen LogP contribution is -2.44. The Hall–Kier alpha value is -2.21. The number of carbonyl (C=O) groups excluding carboxylic acids is 2. The molecule has 36 heavy (non-hydrogen) atoms. The molecule has 0 radical (unpaired) electrons. The molecule has 0 spiro atoms. The van der Waals surface area contributed by atoms with Crippen LogP contribution in [0.3, 0.4) is 0 Å². The maximum absolute atomic E-state index is 12.8. The van der Waals surface area contributed by atoms with Crippen molar-refractivity contribution in [2.45, 2.75) is 24.7 Å². The molecular weight excluding hydrogens is 518 g/mol. The maximum atomic E-state index is 12.8. The quantitative estimate of drug-likeness (QED) is 0.410. The highest BCUT2D eigenvalue weighted by molar-refractivity contribution is 7.91. The van der Waals surface area contributed by atoms with Gasteiger partial charge in [0.25, 0.3) is 5.91 Å². The summed E-state index contributed by atoms with van der Waals surface area (Å²) in [4.78, 5) is 34.8. The van der Waals surface area contributed by atoms with Crippen molar-refractivity contribution in [3.63, 3.8) is 0 Å². The van der Waals surface area contributed by atoms with Crippen molar-refractivity contribution in [1.82, 2.24) is 20.1 Å². The number of carbonyl (C=O) groups is 2. The van der Waals surface area contributed by atoms with Gasteiger partial charge in [0.05, 0.1) is 20.8 Å². The Morgan fingerprint density at radius 1 is 1.17 bits per heavy atom. The molecule has 1 aliphatic rings. The number of fused-ring (bicyclic) bond motifs is 1. The van der Waals surface area contributed by atoms with E-state index in [1.165, 1.54) is 11.3 Å². The number of hydrogen-bond acceptors (Lipinski definition) is 7. The Labute approximate surface area is 223 Å². The van der Waals surface area contributed by atoms with Crippen LogP contribution in [0.5, 0.6) is 0 Å². The average molecular weight is 548 g/mol. The molecule has 0 saturated carbocycles. The zero-order valence-electron chi connectivity index (χ0n) is 20.4. The number of nitrogens with one attached hydrogen (secondary N) is 2. The summed E-state index contributed by atoms with van der Waals surface area (Å²) in [7, 11) is 2.14. The van der Waals surface area contributed by atoms with Gasteiger partial charge in [-0.15, -0.1) is 0 Å². The van der Waals surface area contributed by atoms with Crippen LogP contribution in [0.2, 0.25) is 5.02 Å². The Morgan fingerprint density at radius 2 is 1.94 bits per heavy atom. The van der Waals surface area contributed by atoms with Crippen LogP contribution in [0.4, 0.5) is 9.93 Å². The number of imide groups is 1. The molecule has 1 fully saturated rings. The Balaban J connectivity index is 1.32. The fraction of sp³-hybridized carbons (Fsp3) is 0.400. The first-order valence-corrected chi connectivity index (χ1v) is 14.4. The van der Waals surface area contributed by atoms with Gasteiger partial charge in [0.2, 0.25) is 0 Å². The number of hydrogen-bond donors (Lipinski definition) is 2. The van der Waals surface area contributed by atoms with Crippen molar-refractivity contribution in [2.75, 3.05) is 50.8 Å². The van der Waals surface area contributed by atoms with E-state index in [1.807, 2.05) is 31.2 Å². The van der Waals surface area contributed by atoms with Gasteiger partial charge < -0.3 is 14.4 Å². The van der Waals surface area contributed by atoms with E-state index in [-0.39, 0.29) is 10.6 Å². The maximum Gasteiger partial charge on any atom is 0.327 e. The lowest BCUT2D eigenvalue weighted by atomic mass is 10.1. The molecule has 1 unspecified atom stereocenters. The molecule has 1 aromatic heterocycles. The van der Waals surface area contributed by atoms with E-state index in [0.29, 0.717) is 16.4 Å². The Morgan fingerprint density at radius 3 is 2.69 bits per heavy atom. The summed E-state index contributed by atoms with van der Waals surface area (Å²) in [6.45, 7) is 7.20. The number of urea groups is 1. The summed E-state index contributed by atoms with van der Waals surface area (Å²) in [5.41, 5.74) is 1.89. The summed E-state index contributed by atoms with van der Waals surface area (Å²) in [5, 5.41) is 5.54. The second-order valence-electron chi connectivity index (χ2n) is 8.77. The van der Waals surface area contributed by atoms with E-state index in [4.69, 9.17) is 11.6 Å². The van der Waals surface area contributed by atoms with Crippen LogP contribution in [-0.2, 0) is 17.6 Å². The Kier molecular flexibility index (Phi) is 9.21. The highest BCUT2D eigenvalue weighted by Crippen LogP contribution is 2.29.